The van der Waals surface area contributed by atoms with Gasteiger partial charge in [-0.15, -0.1) is 0 Å². The number of rotatable bonds is 6. The van der Waals surface area contributed by atoms with Crippen LogP contribution >= 0.6 is 0 Å². The number of ether oxygens (including phenoxy) is 1. The highest BCUT2D eigenvalue weighted by Gasteiger charge is 2.19. The molecule has 3 N–H and O–H groups in total. The maximum atomic E-state index is 12.1. The van der Waals surface area contributed by atoms with Gasteiger partial charge in [-0.05, 0) is 24.5 Å². The van der Waals surface area contributed by atoms with E-state index in [2.05, 4.69) is 19.2 Å². The van der Waals surface area contributed by atoms with Crippen molar-refractivity contribution in [2.75, 3.05) is 19.0 Å². The molecule has 1 aromatic rings. The number of hydrogen-bond donors (Lipinski definition) is 2. The Bertz CT molecular complexity index is 391. The van der Waals surface area contributed by atoms with Crippen molar-refractivity contribution in [3.63, 3.8) is 0 Å². The molecule has 0 bridgehead atoms. The molecule has 0 saturated heterocycles. The van der Waals surface area contributed by atoms with Crippen molar-refractivity contribution in [3.05, 3.63) is 24.3 Å². The largest absolute Gasteiger partial charge is 0.495 e. The predicted octanol–water partition coefficient (Wildman–Crippen LogP) is 2.25. The number of nitrogens with one attached hydrogen (secondary N) is 1. The SMILES string of the molecule is COc1ccccc1NC(=O)C(CN)CC(C)C. The van der Waals surface area contributed by atoms with Gasteiger partial charge in [0.25, 0.3) is 0 Å². The van der Waals surface area contributed by atoms with E-state index in [1.165, 1.54) is 0 Å². The summed E-state index contributed by atoms with van der Waals surface area (Å²) < 4.78 is 5.19. The number of nitrogens with two attached hydrogens (primary N) is 1. The summed E-state index contributed by atoms with van der Waals surface area (Å²) in [6.07, 6.45) is 0.789. The molecule has 0 saturated carbocycles. The van der Waals surface area contributed by atoms with Crippen LogP contribution in [0.3, 0.4) is 0 Å². The average Bonchev–Trinajstić information content (AvgIpc) is 2.36. The fourth-order valence-electron chi connectivity index (χ4n) is 1.86. The van der Waals surface area contributed by atoms with Gasteiger partial charge in [0, 0.05) is 6.54 Å². The van der Waals surface area contributed by atoms with Crippen LogP contribution in [-0.4, -0.2) is 19.6 Å². The van der Waals surface area contributed by atoms with Crippen molar-refractivity contribution in [2.45, 2.75) is 20.3 Å². The molecule has 4 nitrogen and oxygen atoms in total. The van der Waals surface area contributed by atoms with Crippen LogP contribution in [0.15, 0.2) is 24.3 Å². The summed E-state index contributed by atoms with van der Waals surface area (Å²) in [5.41, 5.74) is 6.34. The van der Waals surface area contributed by atoms with E-state index in [4.69, 9.17) is 10.5 Å². The molecule has 0 aliphatic heterocycles. The fourth-order valence-corrected chi connectivity index (χ4v) is 1.86. The first-order valence-electron chi connectivity index (χ1n) is 6.22. The van der Waals surface area contributed by atoms with Gasteiger partial charge in [0.15, 0.2) is 0 Å². The van der Waals surface area contributed by atoms with Crippen LogP contribution in [0, 0.1) is 11.8 Å². The third kappa shape index (κ3) is 4.04. The van der Waals surface area contributed by atoms with E-state index in [9.17, 15) is 4.79 Å². The number of amides is 1. The van der Waals surface area contributed by atoms with E-state index in [0.717, 1.165) is 6.42 Å². The first-order valence-corrected chi connectivity index (χ1v) is 6.22. The molecule has 0 aliphatic carbocycles. The first kappa shape index (κ1) is 14.5. The van der Waals surface area contributed by atoms with Crippen molar-refractivity contribution in [1.29, 1.82) is 0 Å². The fraction of sp³-hybridized carbons (Fsp3) is 0.500. The molecule has 0 heterocycles. The van der Waals surface area contributed by atoms with Crippen molar-refractivity contribution in [3.8, 4) is 5.75 Å². The van der Waals surface area contributed by atoms with Gasteiger partial charge in [-0.1, -0.05) is 26.0 Å². The Kier molecular flexibility index (Phi) is 5.65. The zero-order valence-corrected chi connectivity index (χ0v) is 11.3. The highest BCUT2D eigenvalue weighted by Crippen LogP contribution is 2.24. The van der Waals surface area contributed by atoms with Gasteiger partial charge >= 0.3 is 0 Å². The van der Waals surface area contributed by atoms with Crippen LogP contribution in [0.5, 0.6) is 5.75 Å². The molecule has 0 fully saturated rings. The zero-order valence-electron chi connectivity index (χ0n) is 11.3. The van der Waals surface area contributed by atoms with Gasteiger partial charge in [0.1, 0.15) is 5.75 Å². The molecule has 0 radical (unpaired) electrons. The van der Waals surface area contributed by atoms with E-state index in [1.54, 1.807) is 7.11 Å². The average molecular weight is 250 g/mol. The summed E-state index contributed by atoms with van der Waals surface area (Å²) in [6.45, 7) is 4.53. The summed E-state index contributed by atoms with van der Waals surface area (Å²) in [5.74, 6) is 0.902. The third-order valence-electron chi connectivity index (χ3n) is 2.78. The summed E-state index contributed by atoms with van der Waals surface area (Å²) in [4.78, 5) is 12.1. The minimum atomic E-state index is -0.157. The van der Waals surface area contributed by atoms with Crippen molar-refractivity contribution in [2.24, 2.45) is 17.6 Å². The topological polar surface area (TPSA) is 64.3 Å². The number of para-hydroxylation sites is 2. The number of hydrogen-bond acceptors (Lipinski definition) is 3. The smallest absolute Gasteiger partial charge is 0.228 e. The zero-order chi connectivity index (χ0) is 13.5. The maximum absolute atomic E-state index is 12.1. The van der Waals surface area contributed by atoms with E-state index < -0.39 is 0 Å². The van der Waals surface area contributed by atoms with Gasteiger partial charge in [-0.25, -0.2) is 0 Å². The van der Waals surface area contributed by atoms with Gasteiger partial charge in [0.05, 0.1) is 18.7 Å². The second-order valence-corrected chi connectivity index (χ2v) is 4.75. The minimum absolute atomic E-state index is 0.0456. The molecule has 0 aromatic heterocycles. The number of carbonyl (C=O) groups is 1. The van der Waals surface area contributed by atoms with Crippen LogP contribution in [-0.2, 0) is 4.79 Å². The molecule has 1 rings (SSSR count). The molecular weight excluding hydrogens is 228 g/mol. The predicted molar refractivity (Wildman–Crippen MR) is 73.6 cm³/mol. The van der Waals surface area contributed by atoms with Crippen molar-refractivity contribution in [1.82, 2.24) is 0 Å². The first-order chi connectivity index (χ1) is 8.58. The Morgan fingerprint density at radius 1 is 1.39 bits per heavy atom. The molecule has 1 unspecified atom stereocenters. The molecule has 1 amide bonds. The van der Waals surface area contributed by atoms with E-state index in [-0.39, 0.29) is 11.8 Å². The lowest BCUT2D eigenvalue weighted by Gasteiger charge is -2.17. The molecule has 18 heavy (non-hydrogen) atoms. The highest BCUT2D eigenvalue weighted by molar-refractivity contribution is 5.94. The van der Waals surface area contributed by atoms with Crippen LogP contribution in [0.1, 0.15) is 20.3 Å². The monoisotopic (exact) mass is 250 g/mol. The molecule has 4 heteroatoms. The summed E-state index contributed by atoms with van der Waals surface area (Å²) >= 11 is 0. The van der Waals surface area contributed by atoms with Crippen LogP contribution < -0.4 is 15.8 Å². The third-order valence-corrected chi connectivity index (χ3v) is 2.78. The Labute approximate surface area is 109 Å². The lowest BCUT2D eigenvalue weighted by Crippen LogP contribution is -2.30. The molecule has 1 aromatic carbocycles. The van der Waals surface area contributed by atoms with Crippen LogP contribution in [0.25, 0.3) is 0 Å². The molecule has 100 valence electrons. The molecule has 0 spiro atoms. The summed E-state index contributed by atoms with van der Waals surface area (Å²) in [5, 5.41) is 2.87. The Morgan fingerprint density at radius 3 is 2.61 bits per heavy atom. The molecule has 0 aliphatic rings. The highest BCUT2D eigenvalue weighted by atomic mass is 16.5. The normalized spacial score (nSPS) is 12.3. The van der Waals surface area contributed by atoms with E-state index in [1.807, 2.05) is 24.3 Å². The standard InChI is InChI=1S/C14H22N2O2/c1-10(2)8-11(9-15)14(17)16-12-6-4-5-7-13(12)18-3/h4-7,10-11H,8-9,15H2,1-3H3,(H,16,17). The van der Waals surface area contributed by atoms with Crippen LogP contribution in [0.4, 0.5) is 5.69 Å². The maximum Gasteiger partial charge on any atom is 0.228 e. The molecular formula is C14H22N2O2. The van der Waals surface area contributed by atoms with Gasteiger partial charge in [-0.2, -0.15) is 0 Å². The van der Waals surface area contributed by atoms with Crippen LogP contribution in [0.2, 0.25) is 0 Å². The number of anilines is 1. The second-order valence-electron chi connectivity index (χ2n) is 4.75. The Balaban J connectivity index is 2.73. The van der Waals surface area contributed by atoms with E-state index in [0.29, 0.717) is 23.9 Å². The quantitative estimate of drug-likeness (QED) is 0.814. The lowest BCUT2D eigenvalue weighted by atomic mass is 9.96. The Hall–Kier alpha value is -1.55. The summed E-state index contributed by atoms with van der Waals surface area (Å²) in [6, 6.07) is 7.36. The number of methoxy groups -OCH3 is 1. The van der Waals surface area contributed by atoms with Crippen molar-refractivity contribution >= 4 is 11.6 Å². The van der Waals surface area contributed by atoms with E-state index >= 15 is 0 Å². The van der Waals surface area contributed by atoms with Gasteiger partial charge in [-0.3, -0.25) is 4.79 Å². The summed E-state index contributed by atoms with van der Waals surface area (Å²) in [7, 11) is 1.58. The number of carbonyl (C=O) groups excluding carboxylic acids is 1. The molecule has 1 atom stereocenters. The Morgan fingerprint density at radius 2 is 2.06 bits per heavy atom. The lowest BCUT2D eigenvalue weighted by molar-refractivity contribution is -0.120. The van der Waals surface area contributed by atoms with Crippen molar-refractivity contribution < 1.29 is 9.53 Å². The number of benzene rings is 1. The van der Waals surface area contributed by atoms with Gasteiger partial charge < -0.3 is 15.8 Å². The van der Waals surface area contributed by atoms with Gasteiger partial charge in [0.2, 0.25) is 5.91 Å². The minimum Gasteiger partial charge on any atom is -0.495 e. The second kappa shape index (κ2) is 7.01.